The number of halogens is 2. The maximum atomic E-state index is 13.7. The lowest BCUT2D eigenvalue weighted by Gasteiger charge is -2.01. The second kappa shape index (κ2) is 5.68. The summed E-state index contributed by atoms with van der Waals surface area (Å²) in [6.45, 7) is 0. The van der Waals surface area contributed by atoms with E-state index in [0.29, 0.717) is 0 Å². The fourth-order valence-corrected chi connectivity index (χ4v) is 1.87. The quantitative estimate of drug-likeness (QED) is 0.778. The number of carbonyl (C=O) groups excluding carboxylic acids is 1. The van der Waals surface area contributed by atoms with Crippen molar-refractivity contribution >= 4 is 11.7 Å². The first-order chi connectivity index (χ1) is 10.6. The van der Waals surface area contributed by atoms with Crippen molar-refractivity contribution in [1.29, 1.82) is 0 Å². The maximum absolute atomic E-state index is 13.7. The van der Waals surface area contributed by atoms with Gasteiger partial charge in [-0.25, -0.2) is 13.8 Å². The fraction of sp³-hybridized carbons (Fsp3) is 0. The van der Waals surface area contributed by atoms with Crippen LogP contribution in [0, 0.1) is 11.6 Å². The van der Waals surface area contributed by atoms with E-state index in [1.165, 1.54) is 30.7 Å². The monoisotopic (exact) mass is 301 g/mol. The van der Waals surface area contributed by atoms with Gasteiger partial charge in [-0.15, -0.1) is 0 Å². The Balaban J connectivity index is 1.84. The third kappa shape index (κ3) is 2.66. The lowest BCUT2D eigenvalue weighted by Crippen LogP contribution is -2.13. The number of hydrogen-bond acceptors (Lipinski definition) is 4. The molecule has 0 saturated heterocycles. The summed E-state index contributed by atoms with van der Waals surface area (Å²) in [4.78, 5) is 19.5. The van der Waals surface area contributed by atoms with Gasteiger partial charge in [0.2, 0.25) is 0 Å². The SMILES string of the molecule is O=C(Nc1cc(-c2c(F)cccc2F)[nH]n1)c1cnccn1. The normalized spacial score (nSPS) is 10.5. The number of carbonyl (C=O) groups is 1. The number of H-pyrrole nitrogens is 1. The molecule has 0 saturated carbocycles. The average Bonchev–Trinajstić information content (AvgIpc) is 2.96. The van der Waals surface area contributed by atoms with Gasteiger partial charge in [-0.05, 0) is 12.1 Å². The van der Waals surface area contributed by atoms with Gasteiger partial charge in [0.1, 0.15) is 17.3 Å². The number of benzene rings is 1. The number of amides is 1. The Morgan fingerprint density at radius 1 is 1.18 bits per heavy atom. The third-order valence-electron chi connectivity index (χ3n) is 2.85. The molecule has 0 aliphatic carbocycles. The molecule has 0 aliphatic heterocycles. The van der Waals surface area contributed by atoms with E-state index in [4.69, 9.17) is 0 Å². The summed E-state index contributed by atoms with van der Waals surface area (Å²) in [5, 5.41) is 8.74. The van der Waals surface area contributed by atoms with E-state index < -0.39 is 17.5 Å². The second-order valence-electron chi connectivity index (χ2n) is 4.31. The highest BCUT2D eigenvalue weighted by Gasteiger charge is 2.15. The first kappa shape index (κ1) is 13.8. The summed E-state index contributed by atoms with van der Waals surface area (Å²) in [5.74, 6) is -1.86. The topological polar surface area (TPSA) is 83.6 Å². The van der Waals surface area contributed by atoms with Gasteiger partial charge < -0.3 is 5.32 Å². The molecular formula is C14H9F2N5O. The number of aromatic amines is 1. The van der Waals surface area contributed by atoms with E-state index in [0.717, 1.165) is 12.1 Å². The van der Waals surface area contributed by atoms with E-state index in [1.54, 1.807) is 0 Å². The molecule has 0 unspecified atom stereocenters. The number of rotatable bonds is 3. The predicted octanol–water partition coefficient (Wildman–Crippen LogP) is 2.40. The van der Waals surface area contributed by atoms with Gasteiger partial charge in [0.25, 0.3) is 5.91 Å². The number of nitrogens with one attached hydrogen (secondary N) is 2. The zero-order valence-electron chi connectivity index (χ0n) is 11.0. The van der Waals surface area contributed by atoms with Crippen molar-refractivity contribution in [1.82, 2.24) is 20.2 Å². The van der Waals surface area contributed by atoms with Crippen molar-refractivity contribution in [2.45, 2.75) is 0 Å². The molecule has 6 nitrogen and oxygen atoms in total. The lowest BCUT2D eigenvalue weighted by atomic mass is 10.1. The van der Waals surface area contributed by atoms with Crippen LogP contribution in [0.15, 0.2) is 42.9 Å². The molecule has 110 valence electrons. The van der Waals surface area contributed by atoms with Crippen LogP contribution in [0.2, 0.25) is 0 Å². The van der Waals surface area contributed by atoms with Gasteiger partial charge in [0.05, 0.1) is 17.5 Å². The van der Waals surface area contributed by atoms with Gasteiger partial charge in [-0.3, -0.25) is 14.9 Å². The molecule has 0 atom stereocenters. The Bertz CT molecular complexity index is 799. The number of hydrogen-bond donors (Lipinski definition) is 2. The highest BCUT2D eigenvalue weighted by atomic mass is 19.1. The van der Waals surface area contributed by atoms with Crippen LogP contribution in [-0.4, -0.2) is 26.1 Å². The molecule has 2 heterocycles. The molecule has 8 heteroatoms. The van der Waals surface area contributed by atoms with Crippen molar-refractivity contribution in [3.05, 3.63) is 60.2 Å². The van der Waals surface area contributed by atoms with Crippen molar-refractivity contribution in [2.24, 2.45) is 0 Å². The minimum absolute atomic E-state index is 0.101. The average molecular weight is 301 g/mol. The summed E-state index contributed by atoms with van der Waals surface area (Å²) in [7, 11) is 0. The molecule has 0 fully saturated rings. The third-order valence-corrected chi connectivity index (χ3v) is 2.85. The van der Waals surface area contributed by atoms with Crippen LogP contribution >= 0.6 is 0 Å². The molecule has 2 N–H and O–H groups in total. The van der Waals surface area contributed by atoms with Crippen molar-refractivity contribution in [3.63, 3.8) is 0 Å². The van der Waals surface area contributed by atoms with Crippen LogP contribution in [-0.2, 0) is 0 Å². The lowest BCUT2D eigenvalue weighted by molar-refractivity contribution is 0.102. The smallest absolute Gasteiger partial charge is 0.277 e. The van der Waals surface area contributed by atoms with Crippen LogP contribution in [0.25, 0.3) is 11.3 Å². The Morgan fingerprint density at radius 3 is 2.64 bits per heavy atom. The molecule has 3 rings (SSSR count). The van der Waals surface area contributed by atoms with Crippen molar-refractivity contribution < 1.29 is 13.6 Å². The molecular weight excluding hydrogens is 292 g/mol. The Hall–Kier alpha value is -3.16. The molecule has 22 heavy (non-hydrogen) atoms. The second-order valence-corrected chi connectivity index (χ2v) is 4.31. The summed E-state index contributed by atoms with van der Waals surface area (Å²) in [6, 6.07) is 4.87. The van der Waals surface area contributed by atoms with Crippen molar-refractivity contribution in [2.75, 3.05) is 5.32 Å². The molecule has 1 amide bonds. The van der Waals surface area contributed by atoms with E-state index >= 15 is 0 Å². The molecule has 2 aromatic heterocycles. The molecule has 0 radical (unpaired) electrons. The summed E-state index contributed by atoms with van der Waals surface area (Å²) in [5.41, 5.74) is -0.0239. The predicted molar refractivity (Wildman–Crippen MR) is 73.9 cm³/mol. The Morgan fingerprint density at radius 2 is 1.95 bits per heavy atom. The molecule has 1 aromatic carbocycles. The van der Waals surface area contributed by atoms with Gasteiger partial charge in [0.15, 0.2) is 5.82 Å². The van der Waals surface area contributed by atoms with Crippen molar-refractivity contribution in [3.8, 4) is 11.3 Å². The number of nitrogens with zero attached hydrogens (tertiary/aromatic N) is 3. The maximum Gasteiger partial charge on any atom is 0.277 e. The molecule has 0 bridgehead atoms. The van der Waals surface area contributed by atoms with Crippen LogP contribution in [0.3, 0.4) is 0 Å². The van der Waals surface area contributed by atoms with E-state index in [2.05, 4.69) is 25.5 Å². The summed E-state index contributed by atoms with van der Waals surface area (Å²) < 4.78 is 27.4. The van der Waals surface area contributed by atoms with Gasteiger partial charge in [0, 0.05) is 18.5 Å². The number of aromatic nitrogens is 4. The van der Waals surface area contributed by atoms with Crippen LogP contribution in [0.5, 0.6) is 0 Å². The molecule has 3 aromatic rings. The van der Waals surface area contributed by atoms with E-state index in [1.807, 2.05) is 0 Å². The Labute approximate surface area is 123 Å². The minimum atomic E-state index is -0.726. The first-order valence-corrected chi connectivity index (χ1v) is 6.22. The van der Waals surface area contributed by atoms with E-state index in [9.17, 15) is 13.6 Å². The molecule has 0 aliphatic rings. The van der Waals surface area contributed by atoms with Crippen LogP contribution in [0.4, 0.5) is 14.6 Å². The van der Waals surface area contributed by atoms with Crippen LogP contribution < -0.4 is 5.32 Å². The van der Waals surface area contributed by atoms with Gasteiger partial charge in [-0.2, -0.15) is 5.10 Å². The standard InChI is InChI=1S/C14H9F2N5O/c15-8-2-1-3-9(16)13(8)10-6-12(21-20-10)19-14(22)11-7-17-4-5-18-11/h1-7H,(H2,19,20,21,22). The van der Waals surface area contributed by atoms with Crippen LogP contribution in [0.1, 0.15) is 10.5 Å². The van der Waals surface area contributed by atoms with Gasteiger partial charge in [-0.1, -0.05) is 6.07 Å². The summed E-state index contributed by atoms with van der Waals surface area (Å²) >= 11 is 0. The highest BCUT2D eigenvalue weighted by Crippen LogP contribution is 2.25. The zero-order chi connectivity index (χ0) is 15.5. The van der Waals surface area contributed by atoms with Gasteiger partial charge >= 0.3 is 0 Å². The first-order valence-electron chi connectivity index (χ1n) is 6.22. The highest BCUT2D eigenvalue weighted by molar-refractivity contribution is 6.02. The summed E-state index contributed by atoms with van der Waals surface area (Å²) in [6.07, 6.45) is 4.10. The largest absolute Gasteiger partial charge is 0.304 e. The minimum Gasteiger partial charge on any atom is -0.304 e. The van der Waals surface area contributed by atoms with E-state index in [-0.39, 0.29) is 22.8 Å². The fourth-order valence-electron chi connectivity index (χ4n) is 1.87. The molecule has 0 spiro atoms. The Kier molecular flexibility index (Phi) is 3.57. The zero-order valence-corrected chi connectivity index (χ0v) is 11.0. The number of anilines is 1.